The molecule has 4 rings (SSSR count). The number of aromatic nitrogens is 1. The summed E-state index contributed by atoms with van der Waals surface area (Å²) >= 11 is 6.27. The Morgan fingerprint density at radius 1 is 1.21 bits per heavy atom. The average molecular weight is 484 g/mol. The van der Waals surface area contributed by atoms with E-state index in [-0.39, 0.29) is 17.9 Å². The first-order valence-electron chi connectivity index (χ1n) is 10.9. The molecule has 2 heterocycles. The van der Waals surface area contributed by atoms with Crippen molar-refractivity contribution in [3.63, 3.8) is 0 Å². The number of carbonyl (C=O) groups is 1. The van der Waals surface area contributed by atoms with E-state index in [0.29, 0.717) is 47.4 Å². The van der Waals surface area contributed by atoms with Crippen LogP contribution in [0.3, 0.4) is 0 Å². The van der Waals surface area contributed by atoms with Crippen LogP contribution >= 0.6 is 11.6 Å². The fourth-order valence-corrected chi connectivity index (χ4v) is 4.06. The van der Waals surface area contributed by atoms with E-state index in [1.54, 1.807) is 44.4 Å². The van der Waals surface area contributed by atoms with Gasteiger partial charge in [-0.15, -0.1) is 0 Å². The number of nitrogens with one attached hydrogen (secondary N) is 1. The highest BCUT2D eigenvalue weighted by atomic mass is 35.5. The quantitative estimate of drug-likeness (QED) is 0.375. The first-order chi connectivity index (χ1) is 16.5. The Labute approximate surface area is 202 Å². The molecule has 34 heavy (non-hydrogen) atoms. The van der Waals surface area contributed by atoms with Crippen molar-refractivity contribution in [2.75, 3.05) is 40.0 Å². The Morgan fingerprint density at radius 2 is 1.97 bits per heavy atom. The van der Waals surface area contributed by atoms with Gasteiger partial charge < -0.3 is 24.1 Å². The number of rotatable bonds is 8. The van der Waals surface area contributed by atoms with Gasteiger partial charge in [0.25, 0.3) is 0 Å². The van der Waals surface area contributed by atoms with Crippen LogP contribution in [0.4, 0.5) is 0 Å². The lowest BCUT2D eigenvalue weighted by atomic mass is 10.0. The van der Waals surface area contributed by atoms with Gasteiger partial charge in [0.15, 0.2) is 0 Å². The van der Waals surface area contributed by atoms with Crippen LogP contribution in [0.25, 0.3) is 11.3 Å². The number of ether oxygens (including phenoxy) is 3. The van der Waals surface area contributed by atoms with Crippen LogP contribution in [0, 0.1) is 12.3 Å². The van der Waals surface area contributed by atoms with Crippen molar-refractivity contribution in [3.8, 4) is 17.0 Å². The summed E-state index contributed by atoms with van der Waals surface area (Å²) in [6, 6.07) is 12.6. The van der Waals surface area contributed by atoms with Crippen molar-refractivity contribution in [3.05, 3.63) is 69.9 Å². The Kier molecular flexibility index (Phi) is 7.62. The van der Waals surface area contributed by atoms with E-state index in [9.17, 15) is 4.79 Å². The summed E-state index contributed by atoms with van der Waals surface area (Å²) in [4.78, 5) is 15.2. The van der Waals surface area contributed by atoms with Crippen molar-refractivity contribution >= 4 is 23.3 Å². The predicted molar refractivity (Wildman–Crippen MR) is 128 cm³/mol. The maximum atomic E-state index is 12.9. The number of aryl methyl sites for hydroxylation is 1. The third kappa shape index (κ3) is 5.30. The van der Waals surface area contributed by atoms with E-state index in [2.05, 4.69) is 10.1 Å². The maximum Gasteiger partial charge on any atom is 0.344 e. The molecule has 1 aromatic heterocycles. The smallest absolute Gasteiger partial charge is 0.344 e. The molecule has 1 aliphatic heterocycles. The van der Waals surface area contributed by atoms with Gasteiger partial charge in [0, 0.05) is 30.8 Å². The minimum absolute atomic E-state index is 0.174. The largest absolute Gasteiger partial charge is 0.496 e. The van der Waals surface area contributed by atoms with E-state index in [1.807, 2.05) is 12.1 Å². The number of carbonyl (C=O) groups excluding carboxylic acids is 1. The average Bonchev–Trinajstić information content (AvgIpc) is 3.24. The van der Waals surface area contributed by atoms with Gasteiger partial charge in [0.1, 0.15) is 29.4 Å². The van der Waals surface area contributed by atoms with Gasteiger partial charge in [-0.05, 0) is 36.8 Å². The Hall–Kier alpha value is -3.20. The normalized spacial score (nSPS) is 14.1. The number of benzene rings is 2. The molecule has 0 atom stereocenters. The Balaban J connectivity index is 1.47. The third-order valence-electron chi connectivity index (χ3n) is 5.67. The van der Waals surface area contributed by atoms with Crippen LogP contribution in [0.1, 0.15) is 27.2 Å². The highest BCUT2D eigenvalue weighted by Crippen LogP contribution is 2.31. The van der Waals surface area contributed by atoms with Crippen molar-refractivity contribution in [2.24, 2.45) is 0 Å². The zero-order chi connectivity index (χ0) is 24.1. The van der Waals surface area contributed by atoms with Gasteiger partial charge in [0.05, 0.1) is 31.1 Å². The van der Waals surface area contributed by atoms with Crippen LogP contribution in [-0.4, -0.2) is 61.8 Å². The second kappa shape index (κ2) is 10.8. The first-order valence-corrected chi connectivity index (χ1v) is 11.3. The van der Waals surface area contributed by atoms with E-state index in [1.165, 1.54) is 0 Å². The zero-order valence-electron chi connectivity index (χ0n) is 19.1. The molecule has 0 aliphatic carbocycles. The highest BCUT2D eigenvalue weighted by molar-refractivity contribution is 6.33. The van der Waals surface area contributed by atoms with Crippen molar-refractivity contribution in [1.82, 2.24) is 10.1 Å². The number of methoxy groups -OCH3 is 1. The minimum atomic E-state index is -0.625. The molecule has 1 N–H and O–H groups in total. The Bertz CT molecular complexity index is 1190. The molecule has 0 amide bonds. The molecule has 9 heteroatoms. The second-order valence-electron chi connectivity index (χ2n) is 7.91. The number of hydrogen-bond donors (Lipinski definition) is 1. The number of hydrogen-bond acceptors (Lipinski definition) is 8. The van der Waals surface area contributed by atoms with Crippen LogP contribution in [0.15, 0.2) is 47.0 Å². The fourth-order valence-electron chi connectivity index (χ4n) is 3.83. The predicted octanol–water partition coefficient (Wildman–Crippen LogP) is 4.37. The molecule has 0 bridgehead atoms. The van der Waals surface area contributed by atoms with Crippen molar-refractivity contribution in [2.45, 2.75) is 13.5 Å². The first kappa shape index (κ1) is 23.9. The molecular formula is C25H26ClN3O5. The van der Waals surface area contributed by atoms with Gasteiger partial charge in [-0.1, -0.05) is 35.0 Å². The van der Waals surface area contributed by atoms with E-state index >= 15 is 0 Å². The fraction of sp³-hybridized carbons (Fsp3) is 0.320. The summed E-state index contributed by atoms with van der Waals surface area (Å²) < 4.78 is 21.6. The second-order valence-corrected chi connectivity index (χ2v) is 8.32. The van der Waals surface area contributed by atoms with Crippen LogP contribution in [-0.2, 0) is 16.0 Å². The molecule has 178 valence electrons. The minimum Gasteiger partial charge on any atom is -0.496 e. The van der Waals surface area contributed by atoms with E-state index in [4.69, 9.17) is 35.7 Å². The lowest BCUT2D eigenvalue weighted by Gasteiger charge is -2.27. The topological polar surface area (TPSA) is 97.9 Å². The summed E-state index contributed by atoms with van der Waals surface area (Å²) in [6.45, 7) is 5.21. The van der Waals surface area contributed by atoms with Crippen molar-refractivity contribution < 1.29 is 23.5 Å². The lowest BCUT2D eigenvalue weighted by molar-refractivity contribution is 0.0339. The molecule has 0 unspecified atom stereocenters. The summed E-state index contributed by atoms with van der Waals surface area (Å²) in [7, 11) is 1.63. The van der Waals surface area contributed by atoms with E-state index < -0.39 is 5.97 Å². The number of esters is 1. The van der Waals surface area contributed by atoms with Crippen LogP contribution in [0.5, 0.6) is 5.75 Å². The Morgan fingerprint density at radius 3 is 2.71 bits per heavy atom. The molecule has 0 saturated carbocycles. The molecule has 0 spiro atoms. The summed E-state index contributed by atoms with van der Waals surface area (Å²) in [5.74, 6) is 0.452. The van der Waals surface area contributed by atoms with Crippen molar-refractivity contribution in [1.29, 1.82) is 5.41 Å². The van der Waals surface area contributed by atoms with Gasteiger partial charge in [0.2, 0.25) is 0 Å². The van der Waals surface area contributed by atoms with Gasteiger partial charge in [-0.3, -0.25) is 4.90 Å². The van der Waals surface area contributed by atoms with Gasteiger partial charge >= 0.3 is 5.97 Å². The highest BCUT2D eigenvalue weighted by Gasteiger charge is 2.25. The number of morpholine rings is 1. The molecular weight excluding hydrogens is 458 g/mol. The summed E-state index contributed by atoms with van der Waals surface area (Å²) in [5, 5.41) is 12.9. The summed E-state index contributed by atoms with van der Waals surface area (Å²) in [5.41, 5.74) is 2.89. The monoisotopic (exact) mass is 483 g/mol. The van der Waals surface area contributed by atoms with Gasteiger partial charge in [-0.2, -0.15) is 0 Å². The molecule has 3 aromatic rings. The maximum absolute atomic E-state index is 12.9. The molecule has 2 aromatic carbocycles. The number of halogens is 1. The van der Waals surface area contributed by atoms with E-state index in [0.717, 1.165) is 24.4 Å². The SMILES string of the molecule is COc1ccc(C(=N)COC(=O)c2c(-c3ccccc3Cl)noc2C)cc1CN1CCOCC1. The molecule has 8 nitrogen and oxygen atoms in total. The van der Waals surface area contributed by atoms with Crippen LogP contribution in [0.2, 0.25) is 5.02 Å². The zero-order valence-corrected chi connectivity index (χ0v) is 19.9. The van der Waals surface area contributed by atoms with Gasteiger partial charge in [-0.25, -0.2) is 4.79 Å². The van der Waals surface area contributed by atoms with Crippen LogP contribution < -0.4 is 4.74 Å². The molecule has 0 radical (unpaired) electrons. The standard InChI is InChI=1S/C25H26ClN3O5/c1-16-23(24(28-34-16)19-5-3-4-6-20(19)26)25(30)33-15-21(27)17-7-8-22(31-2)18(13-17)14-29-9-11-32-12-10-29/h3-8,13,27H,9-12,14-15H2,1-2H3. The summed E-state index contributed by atoms with van der Waals surface area (Å²) in [6.07, 6.45) is 0. The number of nitrogens with zero attached hydrogens (tertiary/aromatic N) is 2. The molecule has 1 fully saturated rings. The third-order valence-corrected chi connectivity index (χ3v) is 6.00. The molecule has 1 aliphatic rings. The lowest BCUT2D eigenvalue weighted by Crippen LogP contribution is -2.35. The molecule has 1 saturated heterocycles.